The fourth-order valence-electron chi connectivity index (χ4n) is 1.62. The van der Waals surface area contributed by atoms with E-state index in [1.54, 1.807) is 13.1 Å². The van der Waals surface area contributed by atoms with Crippen LogP contribution < -0.4 is 5.32 Å². The number of nitrogens with zero attached hydrogens (tertiary/aromatic N) is 1. The van der Waals surface area contributed by atoms with Gasteiger partial charge in [-0.1, -0.05) is 23.7 Å². The highest BCUT2D eigenvalue weighted by molar-refractivity contribution is 7.99. The first-order valence-electron chi connectivity index (χ1n) is 5.99. The Morgan fingerprint density at radius 1 is 1.38 bits per heavy atom. The molecule has 0 spiro atoms. The van der Waals surface area contributed by atoms with E-state index in [-0.39, 0.29) is 6.04 Å². The van der Waals surface area contributed by atoms with Crippen molar-refractivity contribution in [2.75, 3.05) is 12.8 Å². The van der Waals surface area contributed by atoms with Crippen molar-refractivity contribution in [1.82, 2.24) is 10.3 Å². The SMILES string of the molecule is CNC(CSc1ccccc1Cl)c1cnc(C(F)(F)F)s1. The lowest BCUT2D eigenvalue weighted by atomic mass is 10.3. The zero-order valence-electron chi connectivity index (χ0n) is 10.9. The number of alkyl halides is 3. The molecular weight excluding hydrogens is 341 g/mol. The van der Waals surface area contributed by atoms with Gasteiger partial charge in [-0.25, -0.2) is 4.98 Å². The van der Waals surface area contributed by atoms with Gasteiger partial charge in [-0.3, -0.25) is 0 Å². The summed E-state index contributed by atoms with van der Waals surface area (Å²) in [5.74, 6) is 0.569. The maximum atomic E-state index is 12.6. The van der Waals surface area contributed by atoms with Gasteiger partial charge in [0.15, 0.2) is 5.01 Å². The van der Waals surface area contributed by atoms with Gasteiger partial charge in [0.2, 0.25) is 0 Å². The van der Waals surface area contributed by atoms with Crippen molar-refractivity contribution >= 4 is 34.7 Å². The minimum atomic E-state index is -4.39. The molecule has 0 radical (unpaired) electrons. The second kappa shape index (κ2) is 7.00. The minimum absolute atomic E-state index is 0.208. The van der Waals surface area contributed by atoms with Crippen molar-refractivity contribution in [1.29, 1.82) is 0 Å². The zero-order chi connectivity index (χ0) is 15.5. The van der Waals surface area contributed by atoms with E-state index in [2.05, 4.69) is 10.3 Å². The fourth-order valence-corrected chi connectivity index (χ4v) is 3.99. The van der Waals surface area contributed by atoms with E-state index in [9.17, 15) is 13.2 Å². The van der Waals surface area contributed by atoms with Crippen LogP contribution in [0.3, 0.4) is 0 Å². The number of thioether (sulfide) groups is 1. The average Bonchev–Trinajstić information content (AvgIpc) is 2.91. The van der Waals surface area contributed by atoms with Crippen molar-refractivity contribution in [3.8, 4) is 0 Å². The number of aromatic nitrogens is 1. The molecule has 114 valence electrons. The summed E-state index contributed by atoms with van der Waals surface area (Å²) in [6, 6.07) is 7.16. The maximum Gasteiger partial charge on any atom is 0.443 e. The lowest BCUT2D eigenvalue weighted by Gasteiger charge is -2.14. The first kappa shape index (κ1) is 16.6. The van der Waals surface area contributed by atoms with Crippen molar-refractivity contribution < 1.29 is 13.2 Å². The maximum absolute atomic E-state index is 12.6. The molecule has 1 atom stereocenters. The van der Waals surface area contributed by atoms with Gasteiger partial charge in [-0.05, 0) is 19.2 Å². The van der Waals surface area contributed by atoms with Crippen molar-refractivity contribution in [3.05, 3.63) is 45.4 Å². The zero-order valence-corrected chi connectivity index (χ0v) is 13.3. The molecule has 8 heteroatoms. The summed E-state index contributed by atoms with van der Waals surface area (Å²) in [7, 11) is 1.71. The van der Waals surface area contributed by atoms with E-state index in [0.717, 1.165) is 4.90 Å². The lowest BCUT2D eigenvalue weighted by molar-refractivity contribution is -0.137. The third-order valence-corrected chi connectivity index (χ3v) is 5.46. The Balaban J connectivity index is 2.07. The number of thiazole rings is 1. The molecule has 1 heterocycles. The molecule has 0 aliphatic rings. The Morgan fingerprint density at radius 2 is 2.10 bits per heavy atom. The normalized spacial score (nSPS) is 13.4. The summed E-state index contributed by atoms with van der Waals surface area (Å²) in [4.78, 5) is 4.91. The summed E-state index contributed by atoms with van der Waals surface area (Å²) in [6.07, 6.45) is -3.11. The summed E-state index contributed by atoms with van der Waals surface area (Å²) < 4.78 is 37.7. The highest BCUT2D eigenvalue weighted by atomic mass is 35.5. The third kappa shape index (κ3) is 4.35. The summed E-state index contributed by atoms with van der Waals surface area (Å²) >= 11 is 8.22. The first-order valence-corrected chi connectivity index (χ1v) is 8.17. The van der Waals surface area contributed by atoms with Crippen LogP contribution in [0.25, 0.3) is 0 Å². The lowest BCUT2D eigenvalue weighted by Crippen LogP contribution is -2.17. The van der Waals surface area contributed by atoms with E-state index in [1.165, 1.54) is 18.0 Å². The smallest absolute Gasteiger partial charge is 0.312 e. The van der Waals surface area contributed by atoms with Gasteiger partial charge in [0.1, 0.15) is 0 Å². The van der Waals surface area contributed by atoms with Crippen LogP contribution in [-0.2, 0) is 6.18 Å². The van der Waals surface area contributed by atoms with Crippen LogP contribution in [0.15, 0.2) is 35.4 Å². The molecule has 1 aromatic carbocycles. The molecule has 1 aromatic heterocycles. The number of halogens is 4. The Kier molecular flexibility index (Phi) is 5.54. The molecule has 0 aliphatic heterocycles. The summed E-state index contributed by atoms with van der Waals surface area (Å²) in [5.41, 5.74) is 0. The predicted molar refractivity (Wildman–Crippen MR) is 81.1 cm³/mol. The molecule has 2 rings (SSSR count). The highest BCUT2D eigenvalue weighted by Crippen LogP contribution is 2.36. The second-order valence-electron chi connectivity index (χ2n) is 4.15. The van der Waals surface area contributed by atoms with Gasteiger partial charge in [0.25, 0.3) is 0 Å². The summed E-state index contributed by atoms with van der Waals surface area (Å²) in [6.45, 7) is 0. The quantitative estimate of drug-likeness (QED) is 0.777. The largest absolute Gasteiger partial charge is 0.443 e. The molecule has 21 heavy (non-hydrogen) atoms. The van der Waals surface area contributed by atoms with E-state index in [4.69, 9.17) is 11.6 Å². The Morgan fingerprint density at radius 3 is 2.67 bits per heavy atom. The highest BCUT2D eigenvalue weighted by Gasteiger charge is 2.35. The molecule has 1 unspecified atom stereocenters. The van der Waals surface area contributed by atoms with E-state index < -0.39 is 11.2 Å². The first-order chi connectivity index (χ1) is 9.91. The van der Waals surface area contributed by atoms with Crippen LogP contribution in [0.5, 0.6) is 0 Å². The van der Waals surface area contributed by atoms with E-state index >= 15 is 0 Å². The Bertz CT molecular complexity index is 601. The molecule has 0 aliphatic carbocycles. The van der Waals surface area contributed by atoms with Crippen LogP contribution >= 0.6 is 34.7 Å². The third-order valence-electron chi connectivity index (χ3n) is 2.70. The Hall–Kier alpha value is -0.760. The van der Waals surface area contributed by atoms with E-state index in [0.29, 0.717) is 27.0 Å². The van der Waals surface area contributed by atoms with Crippen molar-refractivity contribution in [2.24, 2.45) is 0 Å². The number of rotatable bonds is 5. The molecule has 1 N–H and O–H groups in total. The predicted octanol–water partition coefficient (Wildman–Crippen LogP) is 4.87. The molecular formula is C13H12ClF3N2S2. The molecule has 0 amide bonds. The van der Waals surface area contributed by atoms with Gasteiger partial charge >= 0.3 is 6.18 Å². The van der Waals surface area contributed by atoms with E-state index in [1.807, 2.05) is 18.2 Å². The summed E-state index contributed by atoms with van der Waals surface area (Å²) in [5, 5.41) is 2.83. The van der Waals surface area contributed by atoms with Gasteiger partial charge in [0.05, 0.1) is 11.1 Å². The molecule has 2 aromatic rings. The fraction of sp³-hybridized carbons (Fsp3) is 0.308. The van der Waals surface area contributed by atoms with Crippen LogP contribution in [0.4, 0.5) is 13.2 Å². The van der Waals surface area contributed by atoms with Crippen LogP contribution in [0, 0.1) is 0 Å². The number of hydrogen-bond donors (Lipinski definition) is 1. The standard InChI is InChI=1S/C13H12ClF3N2S2/c1-18-9(7-20-10-5-3-2-4-8(10)14)11-6-19-12(21-11)13(15,16)17/h2-6,9,18H,7H2,1H3. The Labute approximate surface area is 133 Å². The molecule has 0 saturated carbocycles. The van der Waals surface area contributed by atoms with Crippen molar-refractivity contribution in [2.45, 2.75) is 17.1 Å². The minimum Gasteiger partial charge on any atom is -0.312 e. The number of benzene rings is 1. The van der Waals surface area contributed by atoms with Crippen molar-refractivity contribution in [3.63, 3.8) is 0 Å². The second-order valence-corrected chi connectivity index (χ2v) is 6.68. The van der Waals surface area contributed by atoms with Gasteiger partial charge in [0, 0.05) is 21.7 Å². The molecule has 2 nitrogen and oxygen atoms in total. The number of nitrogens with one attached hydrogen (secondary N) is 1. The van der Waals surface area contributed by atoms with Crippen LogP contribution in [0.2, 0.25) is 5.02 Å². The monoisotopic (exact) mass is 352 g/mol. The molecule has 0 saturated heterocycles. The van der Waals surface area contributed by atoms with Gasteiger partial charge in [-0.2, -0.15) is 13.2 Å². The van der Waals surface area contributed by atoms with Gasteiger partial charge < -0.3 is 5.32 Å². The average molecular weight is 353 g/mol. The topological polar surface area (TPSA) is 24.9 Å². The molecule has 0 bridgehead atoms. The van der Waals surface area contributed by atoms with Gasteiger partial charge in [-0.15, -0.1) is 23.1 Å². The van der Waals surface area contributed by atoms with Crippen LogP contribution in [-0.4, -0.2) is 17.8 Å². The molecule has 0 fully saturated rings. The number of hydrogen-bond acceptors (Lipinski definition) is 4. The van der Waals surface area contributed by atoms with Crippen LogP contribution in [0.1, 0.15) is 15.9 Å².